The van der Waals surface area contributed by atoms with Crippen molar-refractivity contribution in [1.29, 1.82) is 5.26 Å². The van der Waals surface area contributed by atoms with Gasteiger partial charge in [0.2, 0.25) is 0 Å². The number of benzene rings is 4. The second-order valence-corrected chi connectivity index (χ2v) is 9.07. The van der Waals surface area contributed by atoms with Crippen molar-refractivity contribution >= 4 is 10.8 Å². The van der Waals surface area contributed by atoms with E-state index in [1.807, 2.05) is 13.8 Å². The van der Waals surface area contributed by atoms with Crippen LogP contribution in [0, 0.1) is 53.3 Å². The average molecular weight is 556 g/mol. The molecule has 4 aromatic rings. The fraction of sp³-hybridized carbons (Fsp3) is 0.258. The van der Waals surface area contributed by atoms with Gasteiger partial charge in [-0.1, -0.05) is 38.1 Å². The van der Waals surface area contributed by atoms with Crippen LogP contribution in [0.2, 0.25) is 0 Å². The Bertz CT molecular complexity index is 1550. The zero-order valence-electron chi connectivity index (χ0n) is 22.0. The van der Waals surface area contributed by atoms with E-state index < -0.39 is 46.7 Å². The van der Waals surface area contributed by atoms with Crippen molar-refractivity contribution in [2.24, 2.45) is 5.92 Å². The van der Waals surface area contributed by atoms with Gasteiger partial charge in [-0.3, -0.25) is 0 Å². The summed E-state index contributed by atoms with van der Waals surface area (Å²) in [5.41, 5.74) is 0.671. The molecule has 0 spiro atoms. The van der Waals surface area contributed by atoms with Crippen molar-refractivity contribution in [2.75, 3.05) is 19.8 Å². The van der Waals surface area contributed by atoms with Gasteiger partial charge in [0.05, 0.1) is 19.8 Å². The summed E-state index contributed by atoms with van der Waals surface area (Å²) < 4.78 is 88.7. The topological polar surface area (TPSA) is 51.5 Å². The Hall–Kier alpha value is -4.00. The largest absolute Gasteiger partial charge is 0.487 e. The molecule has 1 aliphatic rings. The summed E-state index contributed by atoms with van der Waals surface area (Å²) in [5.74, 6) is -5.36. The van der Waals surface area contributed by atoms with Crippen LogP contribution in [0.15, 0.2) is 54.6 Å². The lowest BCUT2D eigenvalue weighted by atomic mass is 10.0. The van der Waals surface area contributed by atoms with Gasteiger partial charge in [-0.05, 0) is 53.8 Å². The number of hydrogen-bond acceptors (Lipinski definition) is 4. The molecule has 9 heteroatoms. The number of rotatable bonds is 5. The van der Waals surface area contributed by atoms with Crippen LogP contribution in [0.25, 0.3) is 21.9 Å². The third kappa shape index (κ3) is 5.93. The van der Waals surface area contributed by atoms with Crippen LogP contribution in [-0.4, -0.2) is 19.8 Å². The smallest absolute Gasteiger partial charge is 0.190 e. The molecule has 208 valence electrons. The van der Waals surface area contributed by atoms with Crippen LogP contribution < -0.4 is 4.74 Å². The second-order valence-electron chi connectivity index (χ2n) is 9.07. The molecule has 0 radical (unpaired) electrons. The van der Waals surface area contributed by atoms with Crippen LogP contribution >= 0.6 is 0 Å². The molecule has 1 saturated heterocycles. The lowest BCUT2D eigenvalue weighted by molar-refractivity contribution is -0.208. The molecular formula is C31H26F5NO3. The highest BCUT2D eigenvalue weighted by Gasteiger charge is 2.26. The van der Waals surface area contributed by atoms with E-state index in [4.69, 9.17) is 19.5 Å². The number of hydrogen-bond donors (Lipinski definition) is 0. The summed E-state index contributed by atoms with van der Waals surface area (Å²) in [7, 11) is 0. The van der Waals surface area contributed by atoms with Crippen molar-refractivity contribution in [3.8, 4) is 22.9 Å². The molecular weight excluding hydrogens is 529 g/mol. The Kier molecular flexibility index (Phi) is 9.03. The van der Waals surface area contributed by atoms with E-state index in [-0.39, 0.29) is 47.6 Å². The van der Waals surface area contributed by atoms with E-state index in [1.54, 1.807) is 19.1 Å². The maximum atomic E-state index is 14.7. The summed E-state index contributed by atoms with van der Waals surface area (Å²) >= 11 is 0. The third-order valence-corrected chi connectivity index (χ3v) is 6.30. The first-order valence-electron chi connectivity index (χ1n) is 12.7. The molecule has 1 heterocycles. The fourth-order valence-electron chi connectivity index (χ4n) is 4.34. The minimum absolute atomic E-state index is 0.0519. The molecule has 0 N–H and O–H groups in total. The van der Waals surface area contributed by atoms with Gasteiger partial charge in [0.15, 0.2) is 29.5 Å². The first-order chi connectivity index (χ1) is 19.2. The Morgan fingerprint density at radius 2 is 1.52 bits per heavy atom. The van der Waals surface area contributed by atoms with E-state index in [9.17, 15) is 22.0 Å². The van der Waals surface area contributed by atoms with Gasteiger partial charge in [-0.25, -0.2) is 22.0 Å². The highest BCUT2D eigenvalue weighted by atomic mass is 19.1. The fourth-order valence-corrected chi connectivity index (χ4v) is 4.34. The Balaban J connectivity index is 0.00000181. The van der Waals surface area contributed by atoms with Crippen molar-refractivity contribution in [3.63, 3.8) is 0 Å². The summed E-state index contributed by atoms with van der Waals surface area (Å²) in [6.07, 6.45) is -0.824. The van der Waals surface area contributed by atoms with Crippen LogP contribution in [0.3, 0.4) is 0 Å². The van der Waals surface area contributed by atoms with Gasteiger partial charge in [0.1, 0.15) is 23.3 Å². The van der Waals surface area contributed by atoms with Gasteiger partial charge < -0.3 is 14.2 Å². The molecule has 0 bridgehead atoms. The maximum Gasteiger partial charge on any atom is 0.190 e. The Morgan fingerprint density at radius 1 is 0.850 bits per heavy atom. The molecule has 40 heavy (non-hydrogen) atoms. The Morgan fingerprint density at radius 3 is 2.15 bits per heavy atom. The molecule has 4 nitrogen and oxygen atoms in total. The van der Waals surface area contributed by atoms with E-state index in [1.165, 1.54) is 30.3 Å². The second kappa shape index (κ2) is 12.5. The van der Waals surface area contributed by atoms with Gasteiger partial charge in [0.25, 0.3) is 0 Å². The highest BCUT2D eigenvalue weighted by Crippen LogP contribution is 2.33. The zero-order chi connectivity index (χ0) is 29.0. The summed E-state index contributed by atoms with van der Waals surface area (Å²) in [6, 6.07) is 13.5. The SMILES string of the molecule is CC.Cc1ccc(-c2cc(F)c(OCC3COC(c4ccc5c(F)c(C#N)c(F)cc5c4)OC3)c(F)c2)c(F)c1. The molecule has 0 aliphatic carbocycles. The maximum absolute atomic E-state index is 14.7. The minimum atomic E-state index is -0.967. The van der Waals surface area contributed by atoms with Crippen LogP contribution in [0.4, 0.5) is 22.0 Å². The first-order valence-corrected chi connectivity index (χ1v) is 12.7. The molecule has 0 atom stereocenters. The third-order valence-electron chi connectivity index (χ3n) is 6.30. The number of halogens is 5. The van der Waals surface area contributed by atoms with Gasteiger partial charge >= 0.3 is 0 Å². The van der Waals surface area contributed by atoms with Gasteiger partial charge in [0, 0.05) is 22.4 Å². The van der Waals surface area contributed by atoms with Crippen LogP contribution in [0.5, 0.6) is 5.75 Å². The highest BCUT2D eigenvalue weighted by molar-refractivity contribution is 5.85. The average Bonchev–Trinajstić information content (AvgIpc) is 2.94. The molecule has 1 fully saturated rings. The standard InChI is InChI=1S/C29H20F5NO3.C2H6/c1-15-2-4-20(23(30)6-15)19-9-25(32)28(26(33)10-19)36-12-16-13-37-29(38-14-16)17-3-5-21-18(7-17)8-24(31)22(11-35)27(21)34;1-2/h2-10,16,29H,12-14H2,1H3;1-2H3. The predicted octanol–water partition coefficient (Wildman–Crippen LogP) is 8.15. The van der Waals surface area contributed by atoms with Gasteiger partial charge in [-0.15, -0.1) is 0 Å². The van der Waals surface area contributed by atoms with Crippen LogP contribution in [-0.2, 0) is 9.47 Å². The molecule has 1 aliphatic heterocycles. The number of ether oxygens (including phenoxy) is 3. The van der Waals surface area contributed by atoms with Crippen molar-refractivity contribution < 1.29 is 36.2 Å². The quantitative estimate of drug-likeness (QED) is 0.233. The number of nitriles is 1. The molecule has 5 rings (SSSR count). The lowest BCUT2D eigenvalue weighted by Crippen LogP contribution is -2.31. The van der Waals surface area contributed by atoms with Gasteiger partial charge in [-0.2, -0.15) is 5.26 Å². The van der Waals surface area contributed by atoms with Crippen molar-refractivity contribution in [1.82, 2.24) is 0 Å². The summed E-state index contributed by atoms with van der Waals surface area (Å²) in [6.45, 7) is 5.87. The number of aryl methyl sites for hydroxylation is 1. The summed E-state index contributed by atoms with van der Waals surface area (Å²) in [5, 5.41) is 9.27. The van der Waals surface area contributed by atoms with Crippen molar-refractivity contribution in [2.45, 2.75) is 27.1 Å². The monoisotopic (exact) mass is 555 g/mol. The van der Waals surface area contributed by atoms with E-state index in [0.717, 1.165) is 18.2 Å². The van der Waals surface area contributed by atoms with E-state index in [0.29, 0.717) is 11.1 Å². The van der Waals surface area contributed by atoms with E-state index in [2.05, 4.69) is 0 Å². The Labute approximate surface area is 228 Å². The lowest BCUT2D eigenvalue weighted by Gasteiger charge is -2.29. The molecule has 4 aromatic carbocycles. The molecule has 0 saturated carbocycles. The molecule has 0 unspecified atom stereocenters. The van der Waals surface area contributed by atoms with E-state index >= 15 is 0 Å². The normalized spacial score (nSPS) is 16.7. The number of nitrogens with zero attached hydrogens (tertiary/aromatic N) is 1. The molecule has 0 aromatic heterocycles. The minimum Gasteiger partial charge on any atom is -0.487 e. The van der Waals surface area contributed by atoms with Crippen molar-refractivity contribution in [3.05, 3.63) is 100 Å². The molecule has 0 amide bonds. The number of fused-ring (bicyclic) bond motifs is 1. The first kappa shape index (κ1) is 29.0. The summed E-state index contributed by atoms with van der Waals surface area (Å²) in [4.78, 5) is 0. The zero-order valence-corrected chi connectivity index (χ0v) is 22.0. The predicted molar refractivity (Wildman–Crippen MR) is 140 cm³/mol. The van der Waals surface area contributed by atoms with Crippen LogP contribution in [0.1, 0.15) is 36.8 Å².